The monoisotopic (exact) mass is 290 g/mol. The molecule has 4 unspecified atom stereocenters. The summed E-state index contributed by atoms with van der Waals surface area (Å²) in [7, 11) is 0. The lowest BCUT2D eigenvalue weighted by Crippen LogP contribution is -2.39. The van der Waals surface area contributed by atoms with Crippen LogP contribution in [0.2, 0.25) is 0 Å². The van der Waals surface area contributed by atoms with Crippen molar-refractivity contribution in [2.75, 3.05) is 0 Å². The van der Waals surface area contributed by atoms with Crippen molar-refractivity contribution in [3.63, 3.8) is 0 Å². The van der Waals surface area contributed by atoms with Gasteiger partial charge in [0, 0.05) is 16.9 Å². The minimum Gasteiger partial charge on any atom is -0.294 e. The van der Waals surface area contributed by atoms with Crippen LogP contribution in [-0.2, 0) is 6.42 Å². The highest BCUT2D eigenvalue weighted by Gasteiger charge is 2.57. The molecule has 6 aliphatic carbocycles. The second-order valence-corrected chi connectivity index (χ2v) is 8.41. The van der Waals surface area contributed by atoms with Gasteiger partial charge in [0.1, 0.15) is 0 Å². The van der Waals surface area contributed by atoms with Crippen molar-refractivity contribution in [1.29, 1.82) is 0 Å². The van der Waals surface area contributed by atoms with E-state index in [2.05, 4.69) is 18.2 Å². The Bertz CT molecular complexity index is 755. The average Bonchev–Trinajstić information content (AvgIpc) is 3.12. The fraction of sp³-hybridized carbons (Fsp3) is 0.571. The minimum atomic E-state index is 0.285. The third-order valence-corrected chi connectivity index (χ3v) is 7.80. The largest absolute Gasteiger partial charge is 0.294 e. The van der Waals surface area contributed by atoms with E-state index < -0.39 is 0 Å². The molecule has 1 heteroatoms. The second-order valence-electron chi connectivity index (χ2n) is 8.41. The first-order chi connectivity index (χ1) is 10.8. The molecule has 0 radical (unpaired) electrons. The first-order valence-electron chi connectivity index (χ1n) is 9.16. The number of hydrogen-bond acceptors (Lipinski definition) is 1. The van der Waals surface area contributed by atoms with Crippen molar-refractivity contribution in [1.82, 2.24) is 0 Å². The number of ketones is 1. The Morgan fingerprint density at radius 1 is 1.05 bits per heavy atom. The molecule has 1 spiro atoms. The number of carbonyl (C=O) groups is 1. The van der Waals surface area contributed by atoms with Crippen molar-refractivity contribution in [3.8, 4) is 0 Å². The molecule has 0 heterocycles. The predicted octanol–water partition coefficient (Wildman–Crippen LogP) is 4.81. The van der Waals surface area contributed by atoms with Gasteiger partial charge in [0.25, 0.3) is 0 Å². The lowest BCUT2D eigenvalue weighted by atomic mass is 9.59. The first kappa shape index (κ1) is 12.1. The minimum absolute atomic E-state index is 0.285. The van der Waals surface area contributed by atoms with E-state index in [9.17, 15) is 4.79 Å². The molecule has 1 saturated carbocycles. The number of allylic oxidation sites excluding steroid dienone is 2. The summed E-state index contributed by atoms with van der Waals surface area (Å²) in [5.74, 6) is 2.28. The van der Waals surface area contributed by atoms with E-state index >= 15 is 0 Å². The quantitative estimate of drug-likeness (QED) is 0.627. The molecule has 22 heavy (non-hydrogen) atoms. The summed E-state index contributed by atoms with van der Waals surface area (Å²) in [5.41, 5.74) is 7.71. The number of hydrogen-bond donors (Lipinski definition) is 0. The van der Waals surface area contributed by atoms with Gasteiger partial charge >= 0.3 is 0 Å². The molecule has 1 aromatic rings. The summed E-state index contributed by atoms with van der Waals surface area (Å²) in [4.78, 5) is 13.3. The van der Waals surface area contributed by atoms with Crippen LogP contribution in [0.5, 0.6) is 0 Å². The molecular formula is C21H22O. The second kappa shape index (κ2) is 3.75. The summed E-state index contributed by atoms with van der Waals surface area (Å²) >= 11 is 0. The van der Waals surface area contributed by atoms with Crippen molar-refractivity contribution in [3.05, 3.63) is 46.0 Å². The van der Waals surface area contributed by atoms with E-state index in [1.165, 1.54) is 49.7 Å². The lowest BCUT2D eigenvalue weighted by Gasteiger charge is -2.44. The van der Waals surface area contributed by atoms with Gasteiger partial charge in [-0.05, 0) is 80.4 Å². The Morgan fingerprint density at radius 2 is 2.00 bits per heavy atom. The highest BCUT2D eigenvalue weighted by Crippen LogP contribution is 2.67. The maximum Gasteiger partial charge on any atom is 0.167 e. The predicted molar refractivity (Wildman–Crippen MR) is 86.0 cm³/mol. The Balaban J connectivity index is 1.67. The number of Topliss-reactive ketones (excluding diaryl/α,β-unsaturated/α-hetero) is 1. The molecular weight excluding hydrogens is 268 g/mol. The van der Waals surface area contributed by atoms with E-state index in [1.54, 1.807) is 11.1 Å². The number of aryl methyl sites for hydroxylation is 1. The van der Waals surface area contributed by atoms with Gasteiger partial charge in [-0.25, -0.2) is 0 Å². The fourth-order valence-electron chi connectivity index (χ4n) is 6.85. The highest BCUT2D eigenvalue weighted by molar-refractivity contribution is 6.01. The maximum atomic E-state index is 13.3. The van der Waals surface area contributed by atoms with Crippen molar-refractivity contribution >= 4 is 5.78 Å². The maximum absolute atomic E-state index is 13.3. The van der Waals surface area contributed by atoms with E-state index in [0.29, 0.717) is 17.6 Å². The van der Waals surface area contributed by atoms with Crippen LogP contribution in [0.25, 0.3) is 0 Å². The Hall–Kier alpha value is -1.37. The van der Waals surface area contributed by atoms with Gasteiger partial charge in [0.2, 0.25) is 0 Å². The van der Waals surface area contributed by atoms with Gasteiger partial charge in [0.05, 0.1) is 0 Å². The third kappa shape index (κ3) is 1.23. The molecule has 0 aromatic heterocycles. The zero-order chi connectivity index (χ0) is 14.5. The summed E-state index contributed by atoms with van der Waals surface area (Å²) in [6.07, 6.45) is 10.1. The van der Waals surface area contributed by atoms with E-state index in [-0.39, 0.29) is 5.41 Å². The third-order valence-electron chi connectivity index (χ3n) is 7.80. The van der Waals surface area contributed by atoms with Crippen LogP contribution in [-0.4, -0.2) is 5.78 Å². The van der Waals surface area contributed by atoms with Gasteiger partial charge in [0.15, 0.2) is 5.78 Å². The Labute approximate surface area is 131 Å². The Morgan fingerprint density at radius 3 is 2.95 bits per heavy atom. The van der Waals surface area contributed by atoms with Crippen molar-refractivity contribution < 1.29 is 4.79 Å². The van der Waals surface area contributed by atoms with Gasteiger partial charge in [-0.1, -0.05) is 23.3 Å². The van der Waals surface area contributed by atoms with E-state index in [1.807, 2.05) is 0 Å². The molecule has 8 bridgehead atoms. The molecule has 4 atom stereocenters. The molecule has 1 nitrogen and oxygen atoms in total. The Kier molecular flexibility index (Phi) is 2.06. The van der Waals surface area contributed by atoms with Crippen molar-refractivity contribution in [2.24, 2.45) is 17.3 Å². The van der Waals surface area contributed by atoms with Gasteiger partial charge in [-0.3, -0.25) is 4.79 Å². The standard InChI is InChI=1S/C21H22O/c22-20-17-10-13-2-1-12(17)3-6-19(20)21-8-7-15(11-21)16-9-14(13)4-5-18(16)21/h1-2,10,14-15,19H,3-9,11H2. The van der Waals surface area contributed by atoms with Crippen molar-refractivity contribution in [2.45, 2.75) is 57.3 Å². The molecule has 6 aliphatic rings. The molecule has 112 valence electrons. The van der Waals surface area contributed by atoms with Gasteiger partial charge in [-0.2, -0.15) is 0 Å². The summed E-state index contributed by atoms with van der Waals surface area (Å²) in [6, 6.07) is 6.88. The van der Waals surface area contributed by atoms with Crippen LogP contribution in [0.4, 0.5) is 0 Å². The summed E-state index contributed by atoms with van der Waals surface area (Å²) in [6.45, 7) is 0. The number of fused-ring (bicyclic) bond motifs is 2. The van der Waals surface area contributed by atoms with E-state index in [0.717, 1.165) is 24.3 Å². The molecule has 0 amide bonds. The number of benzene rings is 1. The SMILES string of the molecule is O=C1c2cc3ccc2CCC1C12CCC(C1)C1=C2CCC3C1. The van der Waals surface area contributed by atoms with Crippen LogP contribution >= 0.6 is 0 Å². The van der Waals surface area contributed by atoms with Gasteiger partial charge in [-0.15, -0.1) is 0 Å². The first-order valence-corrected chi connectivity index (χ1v) is 9.16. The molecule has 1 aromatic carbocycles. The normalized spacial score (nSPS) is 40.7. The van der Waals surface area contributed by atoms with E-state index in [4.69, 9.17) is 0 Å². The zero-order valence-corrected chi connectivity index (χ0v) is 13.0. The van der Waals surface area contributed by atoms with Crippen LogP contribution in [0.3, 0.4) is 0 Å². The average molecular weight is 290 g/mol. The lowest BCUT2D eigenvalue weighted by molar-refractivity contribution is 0.0766. The summed E-state index contributed by atoms with van der Waals surface area (Å²) in [5, 5.41) is 0. The van der Waals surface area contributed by atoms with Gasteiger partial charge < -0.3 is 0 Å². The fourth-order valence-corrected chi connectivity index (χ4v) is 6.85. The molecule has 0 N–H and O–H groups in total. The molecule has 0 aliphatic heterocycles. The topological polar surface area (TPSA) is 17.1 Å². The molecule has 7 rings (SSSR count). The highest BCUT2D eigenvalue weighted by atomic mass is 16.1. The van der Waals surface area contributed by atoms with Crippen LogP contribution < -0.4 is 0 Å². The number of carbonyl (C=O) groups excluding carboxylic acids is 1. The zero-order valence-electron chi connectivity index (χ0n) is 13.0. The number of rotatable bonds is 0. The van der Waals surface area contributed by atoms with Crippen LogP contribution in [0.1, 0.15) is 72.3 Å². The molecule has 1 fully saturated rings. The summed E-state index contributed by atoms with van der Waals surface area (Å²) < 4.78 is 0. The smallest absolute Gasteiger partial charge is 0.167 e. The van der Waals surface area contributed by atoms with Crippen LogP contribution in [0.15, 0.2) is 29.3 Å². The van der Waals surface area contributed by atoms with Crippen LogP contribution in [0, 0.1) is 17.3 Å². The molecule has 0 saturated heterocycles.